The predicted octanol–water partition coefficient (Wildman–Crippen LogP) is 1.39. The second kappa shape index (κ2) is 7.50. The summed E-state index contributed by atoms with van der Waals surface area (Å²) in [5.41, 5.74) is 2.02. The van der Waals surface area contributed by atoms with E-state index >= 15 is 0 Å². The number of carbonyl (C=O) groups is 1. The Bertz CT molecular complexity index is 924. The van der Waals surface area contributed by atoms with Crippen molar-refractivity contribution in [3.8, 4) is 22.7 Å². The van der Waals surface area contributed by atoms with Crippen LogP contribution in [-0.4, -0.2) is 59.4 Å². The Balaban J connectivity index is 1.96. The highest BCUT2D eigenvalue weighted by atomic mass is 16.5. The zero-order valence-corrected chi connectivity index (χ0v) is 14.8. The molecule has 1 aromatic carbocycles. The van der Waals surface area contributed by atoms with E-state index in [9.17, 15) is 4.79 Å². The number of nitrogens with one attached hydrogen (secondary N) is 1. The minimum Gasteiger partial charge on any atom is -0.378 e. The standard InChI is InChI=1S/C18H18N6O3/c1-19-16(25)14-13(12-5-3-2-4-6-12)15(17-20-11-21-27-17)23-18(22-14)24-7-9-26-10-8-24/h2-6,11H,7-10H2,1H3,(H,19,25). The summed E-state index contributed by atoms with van der Waals surface area (Å²) in [5.74, 6) is 0.354. The van der Waals surface area contributed by atoms with E-state index < -0.39 is 0 Å². The van der Waals surface area contributed by atoms with Gasteiger partial charge in [0.1, 0.15) is 11.4 Å². The number of ether oxygens (including phenoxy) is 1. The Morgan fingerprint density at radius 2 is 1.93 bits per heavy atom. The largest absolute Gasteiger partial charge is 0.378 e. The van der Waals surface area contributed by atoms with E-state index in [1.54, 1.807) is 7.05 Å². The number of hydrogen-bond donors (Lipinski definition) is 1. The Morgan fingerprint density at radius 1 is 1.15 bits per heavy atom. The van der Waals surface area contributed by atoms with Crippen molar-refractivity contribution >= 4 is 11.9 Å². The summed E-state index contributed by atoms with van der Waals surface area (Å²) in [6.45, 7) is 2.44. The average Bonchev–Trinajstić information content (AvgIpc) is 3.28. The first-order valence-electron chi connectivity index (χ1n) is 8.57. The summed E-state index contributed by atoms with van der Waals surface area (Å²) in [4.78, 5) is 28.0. The minimum absolute atomic E-state index is 0.232. The molecule has 0 saturated carbocycles. The Morgan fingerprint density at radius 3 is 2.59 bits per heavy atom. The summed E-state index contributed by atoms with van der Waals surface area (Å²) < 4.78 is 10.7. The zero-order valence-electron chi connectivity index (χ0n) is 14.8. The van der Waals surface area contributed by atoms with Crippen LogP contribution in [0.3, 0.4) is 0 Å². The highest BCUT2D eigenvalue weighted by Gasteiger charge is 2.26. The molecule has 1 fully saturated rings. The summed E-state index contributed by atoms with van der Waals surface area (Å²) in [6, 6.07) is 9.45. The Hall–Kier alpha value is -3.33. The van der Waals surface area contributed by atoms with Crippen LogP contribution in [0.25, 0.3) is 22.7 Å². The molecule has 3 heterocycles. The van der Waals surface area contributed by atoms with Gasteiger partial charge in [0.15, 0.2) is 6.33 Å². The number of amides is 1. The van der Waals surface area contributed by atoms with Crippen molar-refractivity contribution in [3.05, 3.63) is 42.4 Å². The second-order valence-corrected chi connectivity index (χ2v) is 5.89. The highest BCUT2D eigenvalue weighted by Crippen LogP contribution is 2.33. The third kappa shape index (κ3) is 3.36. The minimum atomic E-state index is -0.313. The molecule has 0 aliphatic carbocycles. The number of hydrogen-bond acceptors (Lipinski definition) is 8. The fraction of sp³-hybridized carbons (Fsp3) is 0.278. The maximum atomic E-state index is 12.7. The van der Waals surface area contributed by atoms with E-state index in [0.29, 0.717) is 43.5 Å². The van der Waals surface area contributed by atoms with Crippen molar-refractivity contribution in [2.45, 2.75) is 0 Å². The van der Waals surface area contributed by atoms with Crippen LogP contribution in [0.15, 0.2) is 41.2 Å². The van der Waals surface area contributed by atoms with Gasteiger partial charge in [0.25, 0.3) is 11.8 Å². The molecule has 2 aromatic heterocycles. The van der Waals surface area contributed by atoms with Crippen molar-refractivity contribution in [1.82, 2.24) is 25.4 Å². The first kappa shape index (κ1) is 17.1. The van der Waals surface area contributed by atoms with E-state index in [-0.39, 0.29) is 17.5 Å². The van der Waals surface area contributed by atoms with Crippen molar-refractivity contribution in [2.24, 2.45) is 0 Å². The summed E-state index contributed by atoms with van der Waals surface area (Å²) in [5, 5.41) is 6.34. The van der Waals surface area contributed by atoms with Crippen LogP contribution in [-0.2, 0) is 4.74 Å². The first-order chi connectivity index (χ1) is 13.3. The van der Waals surface area contributed by atoms with Gasteiger partial charge in [-0.05, 0) is 5.56 Å². The molecule has 0 unspecified atom stereocenters. The van der Waals surface area contributed by atoms with E-state index in [0.717, 1.165) is 5.56 Å². The maximum absolute atomic E-state index is 12.7. The SMILES string of the molecule is CNC(=O)c1nc(N2CCOCC2)nc(-c2ncno2)c1-c1ccccc1. The predicted molar refractivity (Wildman–Crippen MR) is 97.2 cm³/mol. The van der Waals surface area contributed by atoms with Gasteiger partial charge in [0.2, 0.25) is 5.95 Å². The molecule has 0 spiro atoms. The highest BCUT2D eigenvalue weighted by molar-refractivity contribution is 6.02. The molecular formula is C18H18N6O3. The van der Waals surface area contributed by atoms with Crippen LogP contribution in [0.4, 0.5) is 5.95 Å². The summed E-state index contributed by atoms with van der Waals surface area (Å²) in [7, 11) is 1.57. The number of rotatable bonds is 4. The maximum Gasteiger partial charge on any atom is 0.277 e. The van der Waals surface area contributed by atoms with Crippen molar-refractivity contribution in [1.29, 1.82) is 0 Å². The molecule has 1 N–H and O–H groups in total. The molecule has 0 atom stereocenters. The number of aromatic nitrogens is 4. The fourth-order valence-electron chi connectivity index (χ4n) is 2.95. The lowest BCUT2D eigenvalue weighted by atomic mass is 10.0. The van der Waals surface area contributed by atoms with Gasteiger partial charge in [-0.2, -0.15) is 4.98 Å². The topological polar surface area (TPSA) is 106 Å². The van der Waals surface area contributed by atoms with Crippen molar-refractivity contribution in [2.75, 3.05) is 38.3 Å². The number of anilines is 1. The number of benzene rings is 1. The molecule has 1 aliphatic heterocycles. The third-order valence-electron chi connectivity index (χ3n) is 4.26. The fourth-order valence-corrected chi connectivity index (χ4v) is 2.95. The molecular weight excluding hydrogens is 348 g/mol. The smallest absolute Gasteiger partial charge is 0.277 e. The molecule has 0 radical (unpaired) electrons. The lowest BCUT2D eigenvalue weighted by molar-refractivity contribution is 0.0958. The third-order valence-corrected chi connectivity index (χ3v) is 4.26. The molecule has 0 bridgehead atoms. The van der Waals surface area contributed by atoms with E-state index in [4.69, 9.17) is 9.26 Å². The van der Waals surface area contributed by atoms with Gasteiger partial charge in [-0.1, -0.05) is 35.5 Å². The molecule has 9 nitrogen and oxygen atoms in total. The molecule has 1 saturated heterocycles. The van der Waals surface area contributed by atoms with Crippen molar-refractivity contribution in [3.63, 3.8) is 0 Å². The zero-order chi connectivity index (χ0) is 18.6. The van der Waals surface area contributed by atoms with Gasteiger partial charge < -0.3 is 19.5 Å². The molecule has 27 heavy (non-hydrogen) atoms. The van der Waals surface area contributed by atoms with E-state index in [1.165, 1.54) is 6.33 Å². The number of nitrogens with zero attached hydrogens (tertiary/aromatic N) is 5. The molecule has 1 aliphatic rings. The number of morpholine rings is 1. The van der Waals surface area contributed by atoms with Crippen LogP contribution in [0, 0.1) is 0 Å². The van der Waals surface area contributed by atoms with Gasteiger partial charge in [0.05, 0.1) is 13.2 Å². The molecule has 1 amide bonds. The van der Waals surface area contributed by atoms with Gasteiger partial charge in [-0.25, -0.2) is 9.97 Å². The summed E-state index contributed by atoms with van der Waals surface area (Å²) >= 11 is 0. The normalized spacial score (nSPS) is 14.2. The Kier molecular flexibility index (Phi) is 4.75. The average molecular weight is 366 g/mol. The monoisotopic (exact) mass is 366 g/mol. The number of carbonyl (C=O) groups excluding carboxylic acids is 1. The van der Waals surface area contributed by atoms with Crippen LogP contribution in [0.1, 0.15) is 10.5 Å². The van der Waals surface area contributed by atoms with Crippen LogP contribution < -0.4 is 10.2 Å². The van der Waals surface area contributed by atoms with E-state index in [1.807, 2.05) is 35.2 Å². The van der Waals surface area contributed by atoms with Crippen LogP contribution >= 0.6 is 0 Å². The molecule has 4 rings (SSSR count). The van der Waals surface area contributed by atoms with Gasteiger partial charge >= 0.3 is 0 Å². The Labute approximate surface area is 155 Å². The molecule has 3 aromatic rings. The molecule has 138 valence electrons. The van der Waals surface area contributed by atoms with E-state index in [2.05, 4.69) is 25.4 Å². The summed E-state index contributed by atoms with van der Waals surface area (Å²) in [6.07, 6.45) is 1.31. The lowest BCUT2D eigenvalue weighted by Gasteiger charge is -2.27. The van der Waals surface area contributed by atoms with Gasteiger partial charge in [-0.3, -0.25) is 4.79 Å². The first-order valence-corrected chi connectivity index (χ1v) is 8.57. The van der Waals surface area contributed by atoms with Crippen LogP contribution in [0.2, 0.25) is 0 Å². The quantitative estimate of drug-likeness (QED) is 0.738. The van der Waals surface area contributed by atoms with Crippen LogP contribution in [0.5, 0.6) is 0 Å². The second-order valence-electron chi connectivity index (χ2n) is 5.89. The van der Waals surface area contributed by atoms with Gasteiger partial charge in [0, 0.05) is 25.7 Å². The molecule has 9 heteroatoms. The van der Waals surface area contributed by atoms with Crippen molar-refractivity contribution < 1.29 is 14.1 Å². The van der Waals surface area contributed by atoms with Gasteiger partial charge in [-0.15, -0.1) is 0 Å². The lowest BCUT2D eigenvalue weighted by Crippen LogP contribution is -2.38.